The Morgan fingerprint density at radius 2 is 2.04 bits per heavy atom. The Morgan fingerprint density at radius 3 is 2.62 bits per heavy atom. The van der Waals surface area contributed by atoms with Crippen LogP contribution in [0.15, 0.2) is 54.9 Å². The fourth-order valence-electron chi connectivity index (χ4n) is 2.12. The molecule has 1 aromatic rings. The Kier molecular flexibility index (Phi) is 13.1. The highest BCUT2D eigenvalue weighted by atomic mass is 16.5. The summed E-state index contributed by atoms with van der Waals surface area (Å²) in [4.78, 5) is 10.1. The number of alkyl carbamates (subject to hydrolysis) is 1. The van der Waals surface area contributed by atoms with E-state index in [0.717, 1.165) is 18.8 Å². The van der Waals surface area contributed by atoms with Crippen molar-refractivity contribution in [2.45, 2.75) is 34.1 Å². The van der Waals surface area contributed by atoms with Crippen molar-refractivity contribution in [2.75, 3.05) is 20.3 Å². The summed E-state index contributed by atoms with van der Waals surface area (Å²) in [6, 6.07) is 8.17. The number of benzene rings is 1. The highest BCUT2D eigenvalue weighted by molar-refractivity contribution is 5.73. The highest BCUT2D eigenvalue weighted by Crippen LogP contribution is 2.32. The van der Waals surface area contributed by atoms with Crippen LogP contribution in [0.5, 0.6) is 5.75 Å². The predicted octanol–water partition coefficient (Wildman–Crippen LogP) is 4.88. The molecule has 5 nitrogen and oxygen atoms in total. The van der Waals surface area contributed by atoms with Gasteiger partial charge in [0.15, 0.2) is 0 Å². The van der Waals surface area contributed by atoms with Crippen molar-refractivity contribution >= 4 is 11.7 Å². The summed E-state index contributed by atoms with van der Waals surface area (Å²) in [7, 11) is 1.53. The van der Waals surface area contributed by atoms with Crippen molar-refractivity contribution in [1.82, 2.24) is 10.6 Å². The molecule has 1 heterocycles. The van der Waals surface area contributed by atoms with Crippen LogP contribution in [0.3, 0.4) is 0 Å². The average Bonchev–Trinajstić information content (AvgIpc) is 2.69. The molecule has 2 rings (SSSR count). The van der Waals surface area contributed by atoms with E-state index in [1.165, 1.54) is 23.8 Å². The number of allylic oxidation sites excluding steroid dienone is 2. The van der Waals surface area contributed by atoms with Crippen LogP contribution in [-0.2, 0) is 4.74 Å². The molecular weight excluding hydrogens is 328 g/mol. The molecule has 0 bridgehead atoms. The maximum absolute atomic E-state index is 10.1. The van der Waals surface area contributed by atoms with E-state index >= 15 is 0 Å². The molecule has 0 unspecified atom stereocenters. The molecule has 0 fully saturated rings. The lowest BCUT2D eigenvalue weighted by atomic mass is 9.98. The van der Waals surface area contributed by atoms with E-state index in [9.17, 15) is 4.79 Å². The number of para-hydroxylation sites is 1. The minimum Gasteiger partial charge on any atom is -0.493 e. The molecule has 0 saturated carbocycles. The summed E-state index contributed by atoms with van der Waals surface area (Å²) >= 11 is 0. The molecule has 1 aromatic carbocycles. The van der Waals surface area contributed by atoms with E-state index in [0.29, 0.717) is 6.61 Å². The molecule has 0 spiro atoms. The number of ether oxygens (including phenoxy) is 2. The minimum absolute atomic E-state index is 0.373. The Balaban J connectivity index is 0.000000589. The largest absolute Gasteiger partial charge is 0.493 e. The monoisotopic (exact) mass is 360 g/mol. The number of rotatable bonds is 4. The van der Waals surface area contributed by atoms with Crippen LogP contribution in [0.4, 0.5) is 4.79 Å². The van der Waals surface area contributed by atoms with Gasteiger partial charge in [-0.05, 0) is 37.3 Å². The van der Waals surface area contributed by atoms with Gasteiger partial charge >= 0.3 is 6.09 Å². The van der Waals surface area contributed by atoms with Crippen molar-refractivity contribution in [3.05, 3.63) is 60.5 Å². The average molecular weight is 360 g/mol. The van der Waals surface area contributed by atoms with Crippen LogP contribution in [0, 0.1) is 0 Å². The van der Waals surface area contributed by atoms with E-state index in [1.54, 1.807) is 13.1 Å². The van der Waals surface area contributed by atoms with Gasteiger partial charge in [0, 0.05) is 25.2 Å². The van der Waals surface area contributed by atoms with Gasteiger partial charge < -0.3 is 20.1 Å². The summed E-state index contributed by atoms with van der Waals surface area (Å²) in [5.41, 5.74) is 3.70. The van der Waals surface area contributed by atoms with Gasteiger partial charge in [-0.2, -0.15) is 0 Å². The van der Waals surface area contributed by atoms with Gasteiger partial charge in [0.2, 0.25) is 0 Å². The molecule has 0 saturated heterocycles. The zero-order valence-electron chi connectivity index (χ0n) is 16.6. The lowest BCUT2D eigenvalue weighted by Crippen LogP contribution is -2.18. The van der Waals surface area contributed by atoms with Crippen molar-refractivity contribution in [3.8, 4) is 5.75 Å². The standard InChI is InChI=1S/C15H17NO.C4H9NO2.C2H6/c1-3-16-11-12(2)10-13-8-9-17-15-7-5-4-6-14(13)15;1-3-7-4(6)5-2;1-2/h3-7,10-11,16H,1,8-9H2,2H3;3H2,1-2H3,(H,5,6);1-2H3/b12-11+,13-10+;;. The quantitative estimate of drug-likeness (QED) is 0.803. The maximum atomic E-state index is 10.1. The highest BCUT2D eigenvalue weighted by Gasteiger charge is 2.13. The Hall–Kier alpha value is -2.69. The number of carbonyl (C=O) groups is 1. The second kappa shape index (κ2) is 14.6. The van der Waals surface area contributed by atoms with Crippen LogP contribution in [0.1, 0.15) is 39.7 Å². The van der Waals surface area contributed by atoms with Crippen LogP contribution < -0.4 is 15.4 Å². The molecule has 1 aliphatic heterocycles. The van der Waals surface area contributed by atoms with Gasteiger partial charge in [0.05, 0.1) is 13.2 Å². The second-order valence-corrected chi connectivity index (χ2v) is 4.99. The summed E-state index contributed by atoms with van der Waals surface area (Å²) in [5.74, 6) is 0.981. The molecule has 1 aliphatic rings. The molecule has 0 atom stereocenters. The van der Waals surface area contributed by atoms with Crippen LogP contribution in [-0.4, -0.2) is 26.4 Å². The Bertz CT molecular complexity index is 607. The summed E-state index contributed by atoms with van der Waals surface area (Å²) in [6.45, 7) is 12.6. The first-order chi connectivity index (χ1) is 12.6. The fourth-order valence-corrected chi connectivity index (χ4v) is 2.12. The predicted molar refractivity (Wildman–Crippen MR) is 109 cm³/mol. The fraction of sp³-hybridized carbons (Fsp3) is 0.381. The normalized spacial score (nSPS) is 13.6. The molecule has 0 aromatic heterocycles. The first-order valence-corrected chi connectivity index (χ1v) is 8.93. The third-order valence-corrected chi connectivity index (χ3v) is 3.17. The summed E-state index contributed by atoms with van der Waals surface area (Å²) in [6.07, 6.45) is 6.38. The zero-order chi connectivity index (χ0) is 19.8. The zero-order valence-corrected chi connectivity index (χ0v) is 16.6. The van der Waals surface area contributed by atoms with Gasteiger partial charge in [-0.1, -0.05) is 44.7 Å². The van der Waals surface area contributed by atoms with Gasteiger partial charge in [-0.25, -0.2) is 4.79 Å². The number of amides is 1. The molecule has 0 aliphatic carbocycles. The van der Waals surface area contributed by atoms with Crippen molar-refractivity contribution in [3.63, 3.8) is 0 Å². The summed E-state index contributed by atoms with van der Waals surface area (Å²) in [5, 5.41) is 5.29. The van der Waals surface area contributed by atoms with Crippen LogP contribution >= 0.6 is 0 Å². The topological polar surface area (TPSA) is 59.6 Å². The van der Waals surface area contributed by atoms with Crippen molar-refractivity contribution in [1.29, 1.82) is 0 Å². The van der Waals surface area contributed by atoms with E-state index < -0.39 is 0 Å². The molecule has 0 radical (unpaired) electrons. The van der Waals surface area contributed by atoms with Gasteiger partial charge in [-0.3, -0.25) is 0 Å². The molecule has 1 amide bonds. The van der Waals surface area contributed by atoms with Crippen LogP contribution in [0.2, 0.25) is 0 Å². The number of carbonyl (C=O) groups excluding carboxylic acids is 1. The summed E-state index contributed by atoms with van der Waals surface area (Å²) < 4.78 is 10.1. The molecule has 144 valence electrons. The van der Waals surface area contributed by atoms with E-state index in [-0.39, 0.29) is 6.09 Å². The number of nitrogens with one attached hydrogen (secondary N) is 2. The van der Waals surface area contributed by atoms with Gasteiger partial charge in [-0.15, -0.1) is 0 Å². The molecule has 5 heteroatoms. The Labute approximate surface area is 157 Å². The second-order valence-electron chi connectivity index (χ2n) is 4.99. The molecule has 26 heavy (non-hydrogen) atoms. The SMILES string of the molecule is C=CN/C=C(C)/C=C1\CCOc2ccccc21.CC.CCOC(=O)NC. The third kappa shape index (κ3) is 8.97. The smallest absolute Gasteiger partial charge is 0.406 e. The Morgan fingerprint density at radius 1 is 1.35 bits per heavy atom. The first-order valence-electron chi connectivity index (χ1n) is 8.93. The third-order valence-electron chi connectivity index (χ3n) is 3.17. The molecular formula is C21H32N2O3. The number of fused-ring (bicyclic) bond motifs is 1. The van der Waals surface area contributed by atoms with Crippen molar-refractivity contribution < 1.29 is 14.3 Å². The van der Waals surface area contributed by atoms with Gasteiger partial charge in [0.1, 0.15) is 5.75 Å². The number of hydrogen-bond acceptors (Lipinski definition) is 4. The number of hydrogen-bond donors (Lipinski definition) is 2. The van der Waals surface area contributed by atoms with Crippen LogP contribution in [0.25, 0.3) is 5.57 Å². The molecule has 2 N–H and O–H groups in total. The lowest BCUT2D eigenvalue weighted by molar-refractivity contribution is 0.154. The van der Waals surface area contributed by atoms with Crippen molar-refractivity contribution in [2.24, 2.45) is 0 Å². The van der Waals surface area contributed by atoms with E-state index in [1.807, 2.05) is 38.2 Å². The first kappa shape index (κ1) is 23.3. The van der Waals surface area contributed by atoms with Gasteiger partial charge in [0.25, 0.3) is 0 Å². The van der Waals surface area contributed by atoms with E-state index in [4.69, 9.17) is 4.74 Å². The maximum Gasteiger partial charge on any atom is 0.406 e. The van der Waals surface area contributed by atoms with E-state index in [2.05, 4.69) is 41.0 Å². The minimum atomic E-state index is -0.373. The lowest BCUT2D eigenvalue weighted by Gasteiger charge is -2.20.